The monoisotopic (exact) mass is 527 g/mol. The number of hydrogen-bond donors (Lipinski definition) is 1. The van der Waals surface area contributed by atoms with E-state index in [-0.39, 0.29) is 57.1 Å². The number of fused-ring (bicyclic) bond motifs is 3. The van der Waals surface area contributed by atoms with Crippen molar-refractivity contribution in [1.82, 2.24) is 5.32 Å². The Labute approximate surface area is 228 Å². The minimum Gasteiger partial charge on any atom is -0.460 e. The maximum atomic E-state index is 12.7. The zero-order valence-electron chi connectivity index (χ0n) is 21.9. The van der Waals surface area contributed by atoms with Gasteiger partial charge < -0.3 is 19.5 Å². The Bertz CT molecular complexity index is 1270. The number of ketones is 1. The second-order valence-corrected chi connectivity index (χ2v) is 10.2. The second-order valence-electron chi connectivity index (χ2n) is 10.2. The lowest BCUT2D eigenvalue weighted by Gasteiger charge is -2.38. The summed E-state index contributed by atoms with van der Waals surface area (Å²) >= 11 is 0. The van der Waals surface area contributed by atoms with E-state index >= 15 is 0 Å². The molecule has 7 nitrogen and oxygen atoms in total. The molecule has 0 radical (unpaired) electrons. The van der Waals surface area contributed by atoms with Gasteiger partial charge >= 0.3 is 12.1 Å². The minimum atomic E-state index is -0.628. The topological polar surface area (TPSA) is 90.9 Å². The molecule has 2 aliphatic rings. The van der Waals surface area contributed by atoms with Crippen molar-refractivity contribution in [3.63, 3.8) is 0 Å². The summed E-state index contributed by atoms with van der Waals surface area (Å²) in [4.78, 5) is 37.3. The normalized spacial score (nSPS) is 15.0. The van der Waals surface area contributed by atoms with Crippen LogP contribution in [0.1, 0.15) is 48.3 Å². The number of Topliss-reactive ketones (excluding diaryl/α,β-unsaturated/α-hetero) is 1. The van der Waals surface area contributed by atoms with E-state index in [9.17, 15) is 14.4 Å². The molecule has 1 amide bonds. The smallest absolute Gasteiger partial charge is 0.407 e. The number of ether oxygens (including phenoxy) is 3. The summed E-state index contributed by atoms with van der Waals surface area (Å²) in [7, 11) is 0. The molecule has 202 valence electrons. The fourth-order valence-electron chi connectivity index (χ4n) is 5.25. The van der Waals surface area contributed by atoms with Crippen LogP contribution in [0.5, 0.6) is 0 Å². The Hall–Kier alpha value is -3.97. The highest BCUT2D eigenvalue weighted by molar-refractivity contribution is 5.84. The second kappa shape index (κ2) is 12.3. The van der Waals surface area contributed by atoms with Gasteiger partial charge in [-0.25, -0.2) is 4.79 Å². The van der Waals surface area contributed by atoms with E-state index in [0.717, 1.165) is 47.1 Å². The summed E-state index contributed by atoms with van der Waals surface area (Å²) in [5, 5.41) is 2.54. The highest BCUT2D eigenvalue weighted by Gasteiger charge is 2.46. The number of carbonyl (C=O) groups excluding carboxylic acids is 3. The van der Waals surface area contributed by atoms with Crippen LogP contribution < -0.4 is 5.32 Å². The average molecular weight is 528 g/mol. The van der Waals surface area contributed by atoms with Crippen LogP contribution in [0.15, 0.2) is 78.9 Å². The van der Waals surface area contributed by atoms with Gasteiger partial charge in [-0.3, -0.25) is 9.59 Å². The molecular formula is C32H33NO6. The Kier molecular flexibility index (Phi) is 8.37. The standard InChI is InChI=1S/C32H33NO6/c34-24(15-18-37-22-32(16-8-17-32)30(35)38-20-23-9-2-1-3-10-23)19-33-31(36)39-21-29-27-13-6-4-11-25(27)26-12-5-7-14-28(26)29/h1-7,9-14,29H,8,15-22H2,(H,33,36). The Balaban J connectivity index is 1.00. The molecule has 3 aromatic rings. The number of amides is 1. The first-order valence-corrected chi connectivity index (χ1v) is 13.5. The van der Waals surface area contributed by atoms with Gasteiger partial charge in [0.25, 0.3) is 0 Å². The number of rotatable bonds is 12. The maximum absolute atomic E-state index is 12.7. The lowest BCUT2D eigenvalue weighted by Crippen LogP contribution is -2.43. The van der Waals surface area contributed by atoms with Crippen LogP contribution in [0.2, 0.25) is 0 Å². The molecule has 0 heterocycles. The van der Waals surface area contributed by atoms with Gasteiger partial charge in [0, 0.05) is 12.3 Å². The number of esters is 1. The van der Waals surface area contributed by atoms with Crippen LogP contribution in [-0.2, 0) is 30.4 Å². The van der Waals surface area contributed by atoms with Crippen molar-refractivity contribution < 1.29 is 28.6 Å². The van der Waals surface area contributed by atoms with E-state index in [1.807, 2.05) is 54.6 Å². The zero-order chi connectivity index (χ0) is 27.1. The summed E-state index contributed by atoms with van der Waals surface area (Å²) in [5.74, 6) is -0.455. The molecule has 39 heavy (non-hydrogen) atoms. The van der Waals surface area contributed by atoms with Crippen molar-refractivity contribution in [3.8, 4) is 11.1 Å². The van der Waals surface area contributed by atoms with E-state index in [1.165, 1.54) is 0 Å². The fourth-order valence-corrected chi connectivity index (χ4v) is 5.25. The largest absolute Gasteiger partial charge is 0.460 e. The molecule has 3 aromatic carbocycles. The van der Waals surface area contributed by atoms with Crippen molar-refractivity contribution in [2.24, 2.45) is 5.41 Å². The molecule has 0 saturated heterocycles. The first-order valence-electron chi connectivity index (χ1n) is 13.5. The molecule has 0 spiro atoms. The number of alkyl carbamates (subject to hydrolysis) is 1. The van der Waals surface area contributed by atoms with Gasteiger partial charge in [-0.15, -0.1) is 0 Å². The summed E-state index contributed by atoms with van der Waals surface area (Å²) < 4.78 is 16.7. The van der Waals surface area contributed by atoms with E-state index in [1.54, 1.807) is 0 Å². The van der Waals surface area contributed by atoms with Crippen molar-refractivity contribution in [2.45, 2.75) is 38.2 Å². The van der Waals surface area contributed by atoms with Gasteiger partial charge in [-0.2, -0.15) is 0 Å². The van der Waals surface area contributed by atoms with Crippen molar-refractivity contribution in [1.29, 1.82) is 0 Å². The van der Waals surface area contributed by atoms with Crippen LogP contribution in [0.4, 0.5) is 4.79 Å². The molecule has 1 N–H and O–H groups in total. The predicted molar refractivity (Wildman–Crippen MR) is 146 cm³/mol. The van der Waals surface area contributed by atoms with Crippen LogP contribution in [0.25, 0.3) is 11.1 Å². The third-order valence-corrected chi connectivity index (χ3v) is 7.63. The minimum absolute atomic E-state index is 0.0366. The van der Waals surface area contributed by atoms with Gasteiger partial charge in [-0.1, -0.05) is 85.3 Å². The van der Waals surface area contributed by atoms with Gasteiger partial charge in [0.05, 0.1) is 25.2 Å². The Morgan fingerprint density at radius 1 is 0.821 bits per heavy atom. The first-order chi connectivity index (χ1) is 19.1. The molecular weight excluding hydrogens is 494 g/mol. The zero-order valence-corrected chi connectivity index (χ0v) is 21.9. The van der Waals surface area contributed by atoms with Crippen LogP contribution in [0, 0.1) is 5.41 Å². The fraction of sp³-hybridized carbons (Fsp3) is 0.344. The van der Waals surface area contributed by atoms with Crippen LogP contribution in [0.3, 0.4) is 0 Å². The van der Waals surface area contributed by atoms with Crippen molar-refractivity contribution >= 4 is 17.8 Å². The van der Waals surface area contributed by atoms with Gasteiger partial charge in [0.1, 0.15) is 13.2 Å². The van der Waals surface area contributed by atoms with Crippen LogP contribution >= 0.6 is 0 Å². The molecule has 2 aliphatic carbocycles. The molecule has 0 atom stereocenters. The Morgan fingerprint density at radius 2 is 1.46 bits per heavy atom. The molecule has 0 aromatic heterocycles. The van der Waals surface area contributed by atoms with Crippen molar-refractivity contribution in [2.75, 3.05) is 26.4 Å². The lowest BCUT2D eigenvalue weighted by atomic mass is 9.69. The highest BCUT2D eigenvalue weighted by atomic mass is 16.5. The summed E-state index contributed by atoms with van der Waals surface area (Å²) in [6, 6.07) is 25.8. The molecule has 0 unspecified atom stereocenters. The van der Waals surface area contributed by atoms with E-state index < -0.39 is 11.5 Å². The summed E-state index contributed by atoms with van der Waals surface area (Å²) in [5.41, 5.74) is 4.89. The molecule has 0 bridgehead atoms. The number of benzene rings is 3. The molecule has 0 aliphatic heterocycles. The molecule has 7 heteroatoms. The van der Waals surface area contributed by atoms with E-state index in [4.69, 9.17) is 14.2 Å². The summed E-state index contributed by atoms with van der Waals surface area (Å²) in [6.07, 6.45) is 1.90. The lowest BCUT2D eigenvalue weighted by molar-refractivity contribution is -0.168. The predicted octanol–water partition coefficient (Wildman–Crippen LogP) is 5.41. The number of carbonyl (C=O) groups is 3. The third-order valence-electron chi connectivity index (χ3n) is 7.63. The maximum Gasteiger partial charge on any atom is 0.407 e. The molecule has 1 saturated carbocycles. The van der Waals surface area contributed by atoms with E-state index in [0.29, 0.717) is 0 Å². The van der Waals surface area contributed by atoms with Gasteiger partial charge in [-0.05, 0) is 40.7 Å². The number of hydrogen-bond acceptors (Lipinski definition) is 6. The third kappa shape index (κ3) is 6.20. The molecule has 5 rings (SSSR count). The number of nitrogens with one attached hydrogen (secondary N) is 1. The SMILES string of the molecule is O=C(CCOCC1(C(=O)OCc2ccccc2)CCC1)CNC(=O)OCC1c2ccccc2-c2ccccc21. The van der Waals surface area contributed by atoms with Gasteiger partial charge in [0.2, 0.25) is 0 Å². The quantitative estimate of drug-likeness (QED) is 0.250. The molecule has 1 fully saturated rings. The average Bonchev–Trinajstić information content (AvgIpc) is 3.27. The van der Waals surface area contributed by atoms with Gasteiger partial charge in [0.15, 0.2) is 5.78 Å². The first kappa shape index (κ1) is 26.6. The highest BCUT2D eigenvalue weighted by Crippen LogP contribution is 2.44. The van der Waals surface area contributed by atoms with Crippen molar-refractivity contribution in [3.05, 3.63) is 95.6 Å². The Morgan fingerprint density at radius 3 is 2.10 bits per heavy atom. The summed E-state index contributed by atoms with van der Waals surface area (Å²) in [6.45, 7) is 0.706. The van der Waals surface area contributed by atoms with E-state index in [2.05, 4.69) is 29.6 Å². The van der Waals surface area contributed by atoms with Crippen LogP contribution in [-0.4, -0.2) is 44.2 Å².